The van der Waals surface area contributed by atoms with Crippen molar-refractivity contribution >= 4 is 23.5 Å². The second-order valence-electron chi connectivity index (χ2n) is 14.4. The molecule has 0 spiro atoms. The summed E-state index contributed by atoms with van der Waals surface area (Å²) in [6.45, 7) is 20.3. The second kappa shape index (κ2) is 12.3. The molecule has 0 atom stereocenters. The molecular formula is C29H54ClN7. The van der Waals surface area contributed by atoms with Gasteiger partial charge < -0.3 is 21.3 Å². The lowest BCUT2D eigenvalue weighted by Gasteiger charge is -2.46. The fourth-order valence-electron chi connectivity index (χ4n) is 7.50. The highest BCUT2D eigenvalue weighted by Crippen LogP contribution is 2.36. The molecule has 0 amide bonds. The molecule has 212 valence electrons. The Morgan fingerprint density at radius 3 is 1.32 bits per heavy atom. The van der Waals surface area contributed by atoms with Gasteiger partial charge in [0.1, 0.15) is 0 Å². The van der Waals surface area contributed by atoms with E-state index in [-0.39, 0.29) is 27.4 Å². The van der Waals surface area contributed by atoms with Crippen molar-refractivity contribution in [2.45, 2.75) is 142 Å². The number of piperidine rings is 2. The molecule has 2 aliphatic heterocycles. The van der Waals surface area contributed by atoms with E-state index in [1.54, 1.807) is 0 Å². The van der Waals surface area contributed by atoms with E-state index in [9.17, 15) is 0 Å². The smallest absolute Gasteiger partial charge is 0.228 e. The highest BCUT2D eigenvalue weighted by molar-refractivity contribution is 6.28. The Bertz CT molecular complexity index is 770. The van der Waals surface area contributed by atoms with Crippen molar-refractivity contribution in [2.75, 3.05) is 23.7 Å². The molecule has 0 aromatic carbocycles. The van der Waals surface area contributed by atoms with Gasteiger partial charge in [-0.25, -0.2) is 0 Å². The van der Waals surface area contributed by atoms with Gasteiger partial charge in [-0.3, -0.25) is 0 Å². The molecule has 2 fully saturated rings. The normalized spacial score (nSPS) is 23.1. The maximum absolute atomic E-state index is 6.19. The van der Waals surface area contributed by atoms with Crippen LogP contribution in [-0.4, -0.2) is 50.2 Å². The highest BCUT2D eigenvalue weighted by Gasteiger charge is 2.38. The van der Waals surface area contributed by atoms with Crippen LogP contribution in [0.15, 0.2) is 0 Å². The van der Waals surface area contributed by atoms with Gasteiger partial charge in [-0.1, -0.05) is 25.7 Å². The molecule has 4 N–H and O–H groups in total. The third kappa shape index (κ3) is 10.8. The summed E-state index contributed by atoms with van der Waals surface area (Å²) in [5.74, 6) is 2.68. The van der Waals surface area contributed by atoms with Crippen LogP contribution in [0.5, 0.6) is 0 Å². The van der Waals surface area contributed by atoms with Crippen molar-refractivity contribution in [1.82, 2.24) is 25.6 Å². The maximum Gasteiger partial charge on any atom is 0.228 e. The Balaban J connectivity index is 1.34. The quantitative estimate of drug-likeness (QED) is 0.219. The minimum atomic E-state index is 0.219. The van der Waals surface area contributed by atoms with Crippen LogP contribution in [0, 0.1) is 11.8 Å². The van der Waals surface area contributed by atoms with Gasteiger partial charge in [-0.2, -0.15) is 15.0 Å². The van der Waals surface area contributed by atoms with Crippen molar-refractivity contribution in [1.29, 1.82) is 0 Å². The van der Waals surface area contributed by atoms with Crippen molar-refractivity contribution < 1.29 is 0 Å². The lowest BCUT2D eigenvalue weighted by molar-refractivity contribution is 0.121. The van der Waals surface area contributed by atoms with Gasteiger partial charge in [0, 0.05) is 35.2 Å². The van der Waals surface area contributed by atoms with E-state index in [0.717, 1.165) is 37.8 Å². The molecule has 0 aliphatic carbocycles. The third-order valence-electron chi connectivity index (χ3n) is 7.80. The molecule has 8 heteroatoms. The van der Waals surface area contributed by atoms with Crippen molar-refractivity contribution in [3.8, 4) is 0 Å². The average molecular weight is 536 g/mol. The second-order valence-corrected chi connectivity index (χ2v) is 14.8. The highest BCUT2D eigenvalue weighted by atomic mass is 35.5. The summed E-state index contributed by atoms with van der Waals surface area (Å²) in [4.78, 5) is 13.1. The summed E-state index contributed by atoms with van der Waals surface area (Å²) in [5, 5.41) is 14.5. The van der Waals surface area contributed by atoms with Gasteiger partial charge in [0.25, 0.3) is 0 Å². The Labute approximate surface area is 231 Å². The first-order valence-corrected chi connectivity index (χ1v) is 15.0. The van der Waals surface area contributed by atoms with Crippen LogP contribution in [0.25, 0.3) is 0 Å². The molecule has 1 aromatic heterocycles. The number of unbranched alkanes of at least 4 members (excludes halogenated alkanes) is 2. The van der Waals surface area contributed by atoms with Crippen LogP contribution in [0.2, 0.25) is 5.28 Å². The minimum Gasteiger partial charge on any atom is -0.354 e. The van der Waals surface area contributed by atoms with Crippen LogP contribution in [0.1, 0.15) is 120 Å². The summed E-state index contributed by atoms with van der Waals surface area (Å²) < 4.78 is 0. The fourth-order valence-corrected chi connectivity index (χ4v) is 7.66. The molecular weight excluding hydrogens is 482 g/mol. The number of anilines is 2. The Kier molecular flexibility index (Phi) is 10.1. The molecule has 0 radical (unpaired) electrons. The van der Waals surface area contributed by atoms with Crippen LogP contribution in [-0.2, 0) is 0 Å². The third-order valence-corrected chi connectivity index (χ3v) is 7.97. The molecule has 0 unspecified atom stereocenters. The number of aromatic nitrogens is 3. The van der Waals surface area contributed by atoms with Gasteiger partial charge in [-0.15, -0.1) is 0 Å². The van der Waals surface area contributed by atoms with Crippen LogP contribution in [0.4, 0.5) is 11.9 Å². The summed E-state index contributed by atoms with van der Waals surface area (Å²) >= 11 is 6.19. The minimum absolute atomic E-state index is 0.219. The van der Waals surface area contributed by atoms with Crippen molar-refractivity contribution in [3.63, 3.8) is 0 Å². The predicted octanol–water partition coefficient (Wildman–Crippen LogP) is 6.80. The molecule has 3 rings (SSSR count). The lowest BCUT2D eigenvalue weighted by Crippen LogP contribution is -2.57. The predicted molar refractivity (Wildman–Crippen MR) is 158 cm³/mol. The maximum atomic E-state index is 6.19. The zero-order chi connectivity index (χ0) is 27.3. The monoisotopic (exact) mass is 535 g/mol. The van der Waals surface area contributed by atoms with Gasteiger partial charge in [0.05, 0.1) is 0 Å². The molecule has 1 aromatic rings. The SMILES string of the molecule is CC1(C)CC(CCCCNc2nc(Cl)nc(NCCCCC3CC(C)(C)NC(C)(C)C3)n2)CC(C)(C)N1. The Hall–Kier alpha value is -1.18. The summed E-state index contributed by atoms with van der Waals surface area (Å²) in [5.41, 5.74) is 0.877. The molecule has 7 nitrogen and oxygen atoms in total. The number of nitrogens with zero attached hydrogens (tertiary/aromatic N) is 3. The molecule has 2 aliphatic rings. The number of hydrogen-bond donors (Lipinski definition) is 4. The summed E-state index contributed by atoms with van der Waals surface area (Å²) in [6, 6.07) is 0. The van der Waals surface area contributed by atoms with E-state index >= 15 is 0 Å². The van der Waals surface area contributed by atoms with Crippen LogP contribution >= 0.6 is 11.6 Å². The number of rotatable bonds is 12. The summed E-state index contributed by atoms with van der Waals surface area (Å²) in [6.07, 6.45) is 12.1. The van der Waals surface area contributed by atoms with Crippen molar-refractivity contribution in [3.05, 3.63) is 5.28 Å². The first-order valence-electron chi connectivity index (χ1n) is 14.6. The Morgan fingerprint density at radius 2 is 0.973 bits per heavy atom. The fraction of sp³-hybridized carbons (Fsp3) is 0.897. The van der Waals surface area contributed by atoms with E-state index in [4.69, 9.17) is 11.6 Å². The number of nitrogens with one attached hydrogen (secondary N) is 4. The van der Waals surface area contributed by atoms with Crippen LogP contribution in [0.3, 0.4) is 0 Å². The van der Waals surface area contributed by atoms with Gasteiger partial charge in [0.15, 0.2) is 0 Å². The Morgan fingerprint density at radius 1 is 0.622 bits per heavy atom. The van der Waals surface area contributed by atoms with Crippen molar-refractivity contribution in [2.24, 2.45) is 11.8 Å². The van der Waals surface area contributed by atoms with Gasteiger partial charge in [0.2, 0.25) is 17.2 Å². The van der Waals surface area contributed by atoms with Gasteiger partial charge in [-0.05, 0) is 117 Å². The zero-order valence-electron chi connectivity index (χ0n) is 24.9. The molecule has 0 saturated carbocycles. The lowest BCUT2D eigenvalue weighted by atomic mass is 9.74. The molecule has 3 heterocycles. The van der Waals surface area contributed by atoms with E-state index in [1.165, 1.54) is 51.4 Å². The molecule has 0 bridgehead atoms. The first-order chi connectivity index (χ1) is 17.1. The van der Waals surface area contributed by atoms with E-state index in [2.05, 4.69) is 91.6 Å². The standard InChI is InChI=1S/C29H54ClN7/c1-26(2)17-21(18-27(3,4)36-26)13-9-11-15-31-24-33-23(30)34-25(35-24)32-16-12-10-14-22-19-28(5,6)37-29(7,8)20-22/h21-22,36-37H,9-20H2,1-8H3,(H2,31,32,33,34,35). The van der Waals surface area contributed by atoms with Gasteiger partial charge >= 0.3 is 0 Å². The topological polar surface area (TPSA) is 86.8 Å². The summed E-state index contributed by atoms with van der Waals surface area (Å²) in [7, 11) is 0. The average Bonchev–Trinajstić information content (AvgIpc) is 2.68. The zero-order valence-corrected chi connectivity index (χ0v) is 25.6. The van der Waals surface area contributed by atoms with E-state index < -0.39 is 0 Å². The van der Waals surface area contributed by atoms with E-state index in [1.807, 2.05) is 0 Å². The molecule has 2 saturated heterocycles. The number of halogens is 1. The molecule has 37 heavy (non-hydrogen) atoms. The number of hydrogen-bond acceptors (Lipinski definition) is 7. The van der Waals surface area contributed by atoms with E-state index in [0.29, 0.717) is 11.9 Å². The first kappa shape index (κ1) is 30.4. The largest absolute Gasteiger partial charge is 0.354 e. The van der Waals surface area contributed by atoms with Crippen LogP contribution < -0.4 is 21.3 Å².